The molecule has 1 aliphatic heterocycles. The van der Waals surface area contributed by atoms with E-state index in [9.17, 15) is 29.7 Å². The van der Waals surface area contributed by atoms with E-state index < -0.39 is 73.7 Å². The van der Waals surface area contributed by atoms with Crippen molar-refractivity contribution in [2.24, 2.45) is 5.73 Å². The minimum atomic E-state index is -2.50. The molecule has 1 saturated heterocycles. The average Bonchev–Trinajstić information content (AvgIpc) is 2.65. The van der Waals surface area contributed by atoms with Crippen LogP contribution in [-0.2, 0) is 33.6 Å². The SMILES string of the molecule is COC(=O)[C@]1(OOC(C)=O)C[C@H](O)[C@@H](NC(=O)CN)[C@H]([C@H](O)[C@H](O)CO)O1. The van der Waals surface area contributed by atoms with Gasteiger partial charge in [-0.2, -0.15) is 0 Å². The van der Waals surface area contributed by atoms with E-state index in [1.165, 1.54) is 0 Å². The first-order valence-electron chi connectivity index (χ1n) is 7.88. The Balaban J connectivity index is 3.26. The lowest BCUT2D eigenvalue weighted by molar-refractivity contribution is -0.421. The fourth-order valence-corrected chi connectivity index (χ4v) is 2.50. The molecule has 7 N–H and O–H groups in total. The van der Waals surface area contributed by atoms with Crippen LogP contribution >= 0.6 is 0 Å². The number of methoxy groups -OCH3 is 1. The van der Waals surface area contributed by atoms with E-state index in [1.807, 2.05) is 0 Å². The number of nitrogens with two attached hydrogens (primary N) is 1. The zero-order valence-electron chi connectivity index (χ0n) is 14.7. The molecule has 13 nitrogen and oxygen atoms in total. The highest BCUT2D eigenvalue weighted by atomic mass is 17.2. The summed E-state index contributed by atoms with van der Waals surface area (Å²) in [5.41, 5.74) is 5.20. The number of hydrogen-bond acceptors (Lipinski definition) is 12. The molecule has 156 valence electrons. The Kier molecular flexibility index (Phi) is 8.49. The predicted molar refractivity (Wildman–Crippen MR) is 83.2 cm³/mol. The maximum Gasteiger partial charge on any atom is 0.370 e. The number of carbonyl (C=O) groups excluding carboxylic acids is 3. The summed E-state index contributed by atoms with van der Waals surface area (Å²) in [6.07, 6.45) is -7.59. The van der Waals surface area contributed by atoms with E-state index in [0.29, 0.717) is 0 Å². The third kappa shape index (κ3) is 5.55. The molecule has 0 radical (unpaired) electrons. The molecule has 13 heteroatoms. The topological polar surface area (TPSA) is 207 Å². The van der Waals surface area contributed by atoms with Gasteiger partial charge in [0.1, 0.15) is 18.3 Å². The lowest BCUT2D eigenvalue weighted by Crippen LogP contribution is -2.68. The number of aliphatic hydroxyl groups is 4. The molecule has 27 heavy (non-hydrogen) atoms. The number of amides is 1. The third-order valence-corrected chi connectivity index (χ3v) is 3.79. The molecule has 1 amide bonds. The van der Waals surface area contributed by atoms with Crippen molar-refractivity contribution in [1.29, 1.82) is 0 Å². The van der Waals surface area contributed by atoms with Gasteiger partial charge >= 0.3 is 17.7 Å². The smallest absolute Gasteiger partial charge is 0.370 e. The van der Waals surface area contributed by atoms with E-state index in [0.717, 1.165) is 14.0 Å². The van der Waals surface area contributed by atoms with Gasteiger partial charge < -0.3 is 41.0 Å². The van der Waals surface area contributed by atoms with Crippen LogP contribution in [0.2, 0.25) is 0 Å². The molecule has 0 unspecified atom stereocenters. The number of ether oxygens (including phenoxy) is 2. The van der Waals surface area contributed by atoms with Crippen LogP contribution in [0.25, 0.3) is 0 Å². The predicted octanol–water partition coefficient (Wildman–Crippen LogP) is -4.34. The summed E-state index contributed by atoms with van der Waals surface area (Å²) in [4.78, 5) is 43.9. The zero-order chi connectivity index (χ0) is 20.8. The first-order chi connectivity index (χ1) is 12.6. The quantitative estimate of drug-likeness (QED) is 0.131. The molecule has 1 rings (SSSR count). The Hall–Kier alpha value is -1.87. The number of esters is 1. The summed E-state index contributed by atoms with van der Waals surface area (Å²) < 4.78 is 9.91. The van der Waals surface area contributed by atoms with Crippen molar-refractivity contribution in [3.8, 4) is 0 Å². The summed E-state index contributed by atoms with van der Waals surface area (Å²) >= 11 is 0. The maximum atomic E-state index is 12.2. The summed E-state index contributed by atoms with van der Waals surface area (Å²) in [5, 5.41) is 41.7. The van der Waals surface area contributed by atoms with Crippen LogP contribution in [0.1, 0.15) is 13.3 Å². The lowest BCUT2D eigenvalue weighted by atomic mass is 9.88. The van der Waals surface area contributed by atoms with Gasteiger partial charge in [0.15, 0.2) is 0 Å². The van der Waals surface area contributed by atoms with Crippen LogP contribution in [0.3, 0.4) is 0 Å². The maximum absolute atomic E-state index is 12.2. The van der Waals surface area contributed by atoms with Crippen molar-refractivity contribution >= 4 is 17.8 Å². The fourth-order valence-electron chi connectivity index (χ4n) is 2.50. The van der Waals surface area contributed by atoms with Gasteiger partial charge in [-0.05, 0) is 0 Å². The number of carbonyl (C=O) groups is 3. The second-order valence-corrected chi connectivity index (χ2v) is 5.79. The highest BCUT2D eigenvalue weighted by molar-refractivity contribution is 5.79. The second-order valence-electron chi connectivity index (χ2n) is 5.79. The molecule has 1 aliphatic rings. The van der Waals surface area contributed by atoms with E-state index in [-0.39, 0.29) is 0 Å². The van der Waals surface area contributed by atoms with Gasteiger partial charge in [-0.3, -0.25) is 9.68 Å². The van der Waals surface area contributed by atoms with Crippen LogP contribution in [0.4, 0.5) is 0 Å². The number of aliphatic hydroxyl groups excluding tert-OH is 4. The van der Waals surface area contributed by atoms with Gasteiger partial charge in [0, 0.05) is 13.3 Å². The number of rotatable bonds is 8. The lowest BCUT2D eigenvalue weighted by Gasteiger charge is -2.45. The second kappa shape index (κ2) is 9.89. The van der Waals surface area contributed by atoms with Crippen molar-refractivity contribution in [2.75, 3.05) is 20.3 Å². The van der Waals surface area contributed by atoms with Crippen molar-refractivity contribution in [3.63, 3.8) is 0 Å². The van der Waals surface area contributed by atoms with Crippen LogP contribution in [-0.4, -0.2) is 94.8 Å². The molecular weight excluding hydrogens is 372 g/mol. The molecule has 0 bridgehead atoms. The Morgan fingerprint density at radius 2 is 2.00 bits per heavy atom. The Morgan fingerprint density at radius 1 is 1.37 bits per heavy atom. The largest absolute Gasteiger partial charge is 0.465 e. The number of hydrogen-bond donors (Lipinski definition) is 6. The Labute approximate surface area is 153 Å². The fraction of sp³-hybridized carbons (Fsp3) is 0.786. The first-order valence-corrected chi connectivity index (χ1v) is 7.88. The van der Waals surface area contributed by atoms with Crippen molar-refractivity contribution < 1.29 is 54.1 Å². The van der Waals surface area contributed by atoms with Crippen LogP contribution in [0, 0.1) is 0 Å². The van der Waals surface area contributed by atoms with Crippen molar-refractivity contribution in [3.05, 3.63) is 0 Å². The highest BCUT2D eigenvalue weighted by Gasteiger charge is 2.58. The summed E-state index contributed by atoms with van der Waals surface area (Å²) in [5.74, 6) is -5.40. The summed E-state index contributed by atoms with van der Waals surface area (Å²) in [6, 6.07) is -1.35. The molecule has 6 atom stereocenters. The third-order valence-electron chi connectivity index (χ3n) is 3.79. The minimum Gasteiger partial charge on any atom is -0.465 e. The Bertz CT molecular complexity index is 545. The van der Waals surface area contributed by atoms with Gasteiger partial charge in [-0.1, -0.05) is 0 Å². The van der Waals surface area contributed by atoms with E-state index in [2.05, 4.69) is 14.9 Å². The molecular formula is C14H24N2O11. The van der Waals surface area contributed by atoms with Crippen molar-refractivity contribution in [1.82, 2.24) is 5.32 Å². The molecule has 1 heterocycles. The van der Waals surface area contributed by atoms with E-state index in [4.69, 9.17) is 20.5 Å². The molecule has 0 saturated carbocycles. The van der Waals surface area contributed by atoms with E-state index >= 15 is 0 Å². The summed E-state index contributed by atoms with van der Waals surface area (Å²) in [6.45, 7) is -0.387. The molecule has 0 aromatic carbocycles. The average molecular weight is 396 g/mol. The summed E-state index contributed by atoms with van der Waals surface area (Å²) in [7, 11) is 0.966. The molecule has 0 aromatic rings. The van der Waals surface area contributed by atoms with E-state index in [1.54, 1.807) is 0 Å². The molecule has 0 aromatic heterocycles. The highest BCUT2D eigenvalue weighted by Crippen LogP contribution is 2.34. The van der Waals surface area contributed by atoms with Crippen LogP contribution in [0.5, 0.6) is 0 Å². The van der Waals surface area contributed by atoms with Crippen LogP contribution < -0.4 is 11.1 Å². The van der Waals surface area contributed by atoms with Crippen LogP contribution in [0.15, 0.2) is 0 Å². The standard InChI is InChI=1S/C14H24N2O11/c1-6(18)26-27-14(13(23)24-2)3-7(19)10(16-9(21)4-15)12(25-14)11(22)8(20)5-17/h7-8,10-12,17,19-20,22H,3-5,15H2,1-2H3,(H,16,21)/t7-,8+,10+,11+,12+,14+/m0/s1. The monoisotopic (exact) mass is 396 g/mol. The van der Waals surface area contributed by atoms with Gasteiger partial charge in [-0.25, -0.2) is 9.59 Å². The van der Waals surface area contributed by atoms with Gasteiger partial charge in [-0.15, -0.1) is 4.89 Å². The van der Waals surface area contributed by atoms with Gasteiger partial charge in [0.05, 0.1) is 32.4 Å². The number of nitrogens with one attached hydrogen (secondary N) is 1. The molecule has 1 fully saturated rings. The Morgan fingerprint density at radius 3 is 2.48 bits per heavy atom. The van der Waals surface area contributed by atoms with Gasteiger partial charge in [0.2, 0.25) is 5.91 Å². The van der Waals surface area contributed by atoms with Gasteiger partial charge in [0.25, 0.3) is 0 Å². The first kappa shape index (κ1) is 23.2. The molecule has 0 aliphatic carbocycles. The minimum absolute atomic E-state index is 0.458. The molecule has 0 spiro atoms. The van der Waals surface area contributed by atoms with Crippen molar-refractivity contribution in [2.45, 2.75) is 49.6 Å². The zero-order valence-corrected chi connectivity index (χ0v) is 14.7. The normalized spacial score (nSPS) is 30.1.